The van der Waals surface area contributed by atoms with Gasteiger partial charge in [-0.2, -0.15) is 0 Å². The fourth-order valence-electron chi connectivity index (χ4n) is 5.09. The first-order valence-corrected chi connectivity index (χ1v) is 13.3. The molecule has 0 bridgehead atoms. The van der Waals surface area contributed by atoms with E-state index in [-0.39, 0.29) is 0 Å². The van der Waals surface area contributed by atoms with E-state index in [2.05, 4.69) is 23.5 Å². The van der Waals surface area contributed by atoms with Crippen molar-refractivity contribution in [3.8, 4) is 16.9 Å². The first-order valence-electron chi connectivity index (χ1n) is 13.3. The maximum absolute atomic E-state index is 10.7. The van der Waals surface area contributed by atoms with Crippen molar-refractivity contribution in [2.45, 2.75) is 37.7 Å². The number of fused-ring (bicyclic) bond motifs is 1. The molecule has 5 aromatic rings. The largest absolute Gasteiger partial charge is 0.488 e. The predicted molar refractivity (Wildman–Crippen MR) is 153 cm³/mol. The van der Waals surface area contributed by atoms with Gasteiger partial charge in [-0.3, -0.25) is 4.57 Å². The van der Waals surface area contributed by atoms with Gasteiger partial charge in [0.05, 0.1) is 17.6 Å². The molecule has 0 radical (unpaired) electrons. The van der Waals surface area contributed by atoms with Gasteiger partial charge < -0.3 is 30.1 Å². The van der Waals surface area contributed by atoms with Gasteiger partial charge in [0.2, 0.25) is 5.95 Å². The van der Waals surface area contributed by atoms with Gasteiger partial charge in [0.25, 0.3) is 0 Å². The van der Waals surface area contributed by atoms with Crippen LogP contribution in [0.25, 0.3) is 22.2 Å². The number of hydrogen-bond acceptors (Lipinski definition) is 7. The molecule has 6 rings (SSSR count). The molecule has 204 valence electrons. The highest BCUT2D eigenvalue weighted by molar-refractivity contribution is 5.79. The molecule has 0 amide bonds. The Morgan fingerprint density at radius 1 is 0.825 bits per heavy atom. The van der Waals surface area contributed by atoms with Gasteiger partial charge in [-0.15, -0.1) is 0 Å². The lowest BCUT2D eigenvalue weighted by molar-refractivity contribution is -0.0499. The Bertz CT molecular complexity index is 1570. The zero-order chi connectivity index (χ0) is 27.5. The molecule has 4 atom stereocenters. The number of para-hydroxylation sites is 2. The van der Waals surface area contributed by atoms with Crippen LogP contribution >= 0.6 is 0 Å². The summed E-state index contributed by atoms with van der Waals surface area (Å²) in [5.74, 6) is 1.25. The molecular weight excluding hydrogens is 506 g/mol. The van der Waals surface area contributed by atoms with E-state index in [0.29, 0.717) is 24.6 Å². The Morgan fingerprint density at radius 3 is 2.30 bits per heavy atom. The van der Waals surface area contributed by atoms with Crippen molar-refractivity contribution in [2.24, 2.45) is 0 Å². The number of anilines is 1. The smallest absolute Gasteiger partial charge is 0.206 e. The molecule has 0 unspecified atom stereocenters. The molecule has 4 N–H and O–H groups in total. The molecule has 2 heterocycles. The van der Waals surface area contributed by atoms with Gasteiger partial charge in [-0.1, -0.05) is 84.9 Å². The van der Waals surface area contributed by atoms with Crippen molar-refractivity contribution in [2.75, 3.05) is 11.9 Å². The van der Waals surface area contributed by atoms with Crippen LogP contribution in [0.1, 0.15) is 17.4 Å². The summed E-state index contributed by atoms with van der Waals surface area (Å²) in [6.07, 6.45) is -4.23. The summed E-state index contributed by atoms with van der Waals surface area (Å²) >= 11 is 0. The van der Waals surface area contributed by atoms with E-state index in [9.17, 15) is 15.3 Å². The van der Waals surface area contributed by atoms with E-state index in [4.69, 9.17) is 14.5 Å². The van der Waals surface area contributed by atoms with Crippen LogP contribution in [0.4, 0.5) is 5.95 Å². The summed E-state index contributed by atoms with van der Waals surface area (Å²) in [4.78, 5) is 4.73. The lowest BCUT2D eigenvalue weighted by Crippen LogP contribution is -2.33. The van der Waals surface area contributed by atoms with Crippen molar-refractivity contribution < 1.29 is 24.8 Å². The van der Waals surface area contributed by atoms with Gasteiger partial charge in [0.15, 0.2) is 6.23 Å². The van der Waals surface area contributed by atoms with Crippen molar-refractivity contribution >= 4 is 17.0 Å². The molecule has 0 saturated carbocycles. The molecule has 1 aliphatic rings. The molecule has 1 saturated heterocycles. The summed E-state index contributed by atoms with van der Waals surface area (Å²) in [7, 11) is 0. The lowest BCUT2D eigenvalue weighted by Gasteiger charge is -2.20. The first-order chi connectivity index (χ1) is 19.6. The van der Waals surface area contributed by atoms with E-state index in [0.717, 1.165) is 33.5 Å². The van der Waals surface area contributed by atoms with Crippen molar-refractivity contribution in [3.63, 3.8) is 0 Å². The number of imidazole rings is 1. The third-order valence-electron chi connectivity index (χ3n) is 7.19. The standard InChI is InChI=1S/C32H31N3O5/c36-19-28-29(37)30(38)31(40-28)35-26-14-8-7-13-25(26)34-32(35)33-18-22-15-16-24(23-11-5-2-6-12-23)27(17-22)39-20-21-9-3-1-4-10-21/h1-17,28-31,36-38H,18-20H2,(H,33,34)/t28-,29-,30-,31-/m1/s1. The minimum atomic E-state index is -1.22. The second kappa shape index (κ2) is 11.5. The summed E-state index contributed by atoms with van der Waals surface area (Å²) in [6, 6.07) is 33.8. The van der Waals surface area contributed by atoms with Crippen LogP contribution in [0.5, 0.6) is 5.75 Å². The average Bonchev–Trinajstić information content (AvgIpc) is 3.51. The summed E-state index contributed by atoms with van der Waals surface area (Å²) in [6.45, 7) is 0.469. The van der Waals surface area contributed by atoms with Crippen LogP contribution in [-0.2, 0) is 17.9 Å². The lowest BCUT2D eigenvalue weighted by atomic mass is 10.0. The normalized spacial score (nSPS) is 20.6. The molecule has 8 nitrogen and oxygen atoms in total. The SMILES string of the molecule is OC[C@H]1O[C@@H](n2c(NCc3ccc(-c4ccccc4)c(OCc4ccccc4)c3)nc3ccccc32)[C@H](O)[C@@H]1O. The number of benzene rings is 4. The number of nitrogens with one attached hydrogen (secondary N) is 1. The molecular formula is C32H31N3O5. The number of nitrogens with zero attached hydrogens (tertiary/aromatic N) is 2. The van der Waals surface area contributed by atoms with E-state index < -0.39 is 31.1 Å². The van der Waals surface area contributed by atoms with Gasteiger partial charge in [0, 0.05) is 12.1 Å². The topological polar surface area (TPSA) is 109 Å². The van der Waals surface area contributed by atoms with E-state index >= 15 is 0 Å². The second-order valence-electron chi connectivity index (χ2n) is 9.85. The number of aromatic nitrogens is 2. The quantitative estimate of drug-likeness (QED) is 0.219. The summed E-state index contributed by atoms with van der Waals surface area (Å²) < 4.78 is 13.9. The zero-order valence-electron chi connectivity index (χ0n) is 21.8. The summed E-state index contributed by atoms with van der Waals surface area (Å²) in [5, 5.41) is 34.1. The molecule has 0 aliphatic carbocycles. The summed E-state index contributed by atoms with van der Waals surface area (Å²) in [5.41, 5.74) is 5.58. The van der Waals surface area contributed by atoms with Crippen LogP contribution in [0, 0.1) is 0 Å². The van der Waals surface area contributed by atoms with Gasteiger partial charge in [-0.25, -0.2) is 4.98 Å². The molecule has 4 aromatic carbocycles. The van der Waals surface area contributed by atoms with Gasteiger partial charge in [0.1, 0.15) is 30.7 Å². The first kappa shape index (κ1) is 26.0. The Hall–Kier alpha value is -4.21. The molecule has 0 spiro atoms. The molecule has 1 fully saturated rings. The third-order valence-corrected chi connectivity index (χ3v) is 7.19. The van der Waals surface area contributed by atoms with E-state index in [1.807, 2.05) is 84.9 Å². The number of hydrogen-bond donors (Lipinski definition) is 4. The van der Waals surface area contributed by atoms with Crippen molar-refractivity contribution in [3.05, 3.63) is 114 Å². The second-order valence-corrected chi connectivity index (χ2v) is 9.85. The van der Waals surface area contributed by atoms with Crippen LogP contribution in [0.2, 0.25) is 0 Å². The average molecular weight is 538 g/mol. The fourth-order valence-corrected chi connectivity index (χ4v) is 5.09. The van der Waals surface area contributed by atoms with E-state index in [1.165, 1.54) is 0 Å². The van der Waals surface area contributed by atoms with E-state index in [1.54, 1.807) is 4.57 Å². The number of ether oxygens (including phenoxy) is 2. The van der Waals surface area contributed by atoms with Crippen molar-refractivity contribution in [1.29, 1.82) is 0 Å². The highest BCUT2D eigenvalue weighted by Crippen LogP contribution is 2.36. The van der Waals surface area contributed by atoms with Crippen LogP contribution in [0.15, 0.2) is 103 Å². The fraction of sp³-hybridized carbons (Fsp3) is 0.219. The monoisotopic (exact) mass is 537 g/mol. The highest BCUT2D eigenvalue weighted by atomic mass is 16.6. The third kappa shape index (κ3) is 5.17. The maximum Gasteiger partial charge on any atom is 0.206 e. The Morgan fingerprint density at radius 2 is 1.55 bits per heavy atom. The molecule has 1 aromatic heterocycles. The Kier molecular flexibility index (Phi) is 7.48. The highest BCUT2D eigenvalue weighted by Gasteiger charge is 2.44. The van der Waals surface area contributed by atoms with Crippen LogP contribution in [0.3, 0.4) is 0 Å². The van der Waals surface area contributed by atoms with Crippen molar-refractivity contribution in [1.82, 2.24) is 9.55 Å². The van der Waals surface area contributed by atoms with Crippen LogP contribution in [-0.4, -0.2) is 49.8 Å². The minimum Gasteiger partial charge on any atom is -0.488 e. The number of aliphatic hydroxyl groups is 3. The Balaban J connectivity index is 1.29. The molecule has 1 aliphatic heterocycles. The number of aliphatic hydroxyl groups excluding tert-OH is 3. The molecule has 40 heavy (non-hydrogen) atoms. The molecule has 8 heteroatoms. The zero-order valence-corrected chi connectivity index (χ0v) is 21.8. The van der Waals surface area contributed by atoms with Gasteiger partial charge >= 0.3 is 0 Å². The Labute approximate surface area is 232 Å². The predicted octanol–water partition coefficient (Wildman–Crippen LogP) is 4.51. The van der Waals surface area contributed by atoms with Crippen LogP contribution < -0.4 is 10.1 Å². The minimum absolute atomic E-state index is 0.399. The number of rotatable bonds is 9. The maximum atomic E-state index is 10.7. The van der Waals surface area contributed by atoms with Gasteiger partial charge in [-0.05, 0) is 34.9 Å².